The third-order valence-corrected chi connectivity index (χ3v) is 4.07. The standard InChI is InChI=1S/C10H13IN4/c1-8-5-13-15(10(8)11)9-6-14(7-9)4-2-3-12/h5,9H,2,4,6-7H2,1H3. The van der Waals surface area contributed by atoms with Gasteiger partial charge in [-0.1, -0.05) is 0 Å². The highest BCUT2D eigenvalue weighted by atomic mass is 127. The van der Waals surface area contributed by atoms with E-state index in [0.717, 1.165) is 19.6 Å². The number of nitriles is 1. The van der Waals surface area contributed by atoms with Gasteiger partial charge >= 0.3 is 0 Å². The fourth-order valence-electron chi connectivity index (χ4n) is 1.78. The Labute approximate surface area is 103 Å². The number of halogens is 1. The second-order valence-electron chi connectivity index (χ2n) is 3.88. The number of nitrogens with zero attached hydrogens (tertiary/aromatic N) is 4. The second-order valence-corrected chi connectivity index (χ2v) is 4.91. The molecule has 1 aromatic rings. The van der Waals surface area contributed by atoms with E-state index in [-0.39, 0.29) is 0 Å². The highest BCUT2D eigenvalue weighted by Gasteiger charge is 2.29. The highest BCUT2D eigenvalue weighted by Crippen LogP contribution is 2.24. The predicted octanol–water partition coefficient (Wildman–Crippen LogP) is 1.57. The molecule has 1 saturated heterocycles. The van der Waals surface area contributed by atoms with Gasteiger partial charge < -0.3 is 0 Å². The van der Waals surface area contributed by atoms with E-state index in [1.165, 1.54) is 9.26 Å². The maximum Gasteiger partial charge on any atom is 0.102 e. The summed E-state index contributed by atoms with van der Waals surface area (Å²) in [6, 6.07) is 2.68. The van der Waals surface area contributed by atoms with Crippen LogP contribution in [0.5, 0.6) is 0 Å². The molecule has 0 atom stereocenters. The molecule has 15 heavy (non-hydrogen) atoms. The van der Waals surface area contributed by atoms with E-state index in [1.54, 1.807) is 0 Å². The molecule has 0 saturated carbocycles. The van der Waals surface area contributed by atoms with Gasteiger partial charge in [-0.15, -0.1) is 0 Å². The molecule has 0 unspecified atom stereocenters. The summed E-state index contributed by atoms with van der Waals surface area (Å²) in [5.74, 6) is 0. The van der Waals surface area contributed by atoms with Gasteiger partial charge in [-0.2, -0.15) is 10.4 Å². The van der Waals surface area contributed by atoms with Crippen LogP contribution in [0.15, 0.2) is 6.20 Å². The van der Waals surface area contributed by atoms with Crippen molar-refractivity contribution in [1.29, 1.82) is 5.26 Å². The average molecular weight is 316 g/mol. The van der Waals surface area contributed by atoms with Gasteiger partial charge in [0.2, 0.25) is 0 Å². The maximum absolute atomic E-state index is 8.47. The van der Waals surface area contributed by atoms with Crippen LogP contribution in [0.4, 0.5) is 0 Å². The molecule has 1 aliphatic heterocycles. The molecular weight excluding hydrogens is 303 g/mol. The first-order valence-corrected chi connectivity index (χ1v) is 6.09. The predicted molar refractivity (Wildman–Crippen MR) is 65.4 cm³/mol. The van der Waals surface area contributed by atoms with Crippen LogP contribution < -0.4 is 0 Å². The minimum absolute atomic E-state index is 0.504. The van der Waals surface area contributed by atoms with Gasteiger partial charge in [0.05, 0.1) is 18.3 Å². The molecule has 80 valence electrons. The lowest BCUT2D eigenvalue weighted by atomic mass is 10.1. The van der Waals surface area contributed by atoms with Crippen molar-refractivity contribution in [2.75, 3.05) is 19.6 Å². The van der Waals surface area contributed by atoms with Gasteiger partial charge in [-0.25, -0.2) is 0 Å². The normalized spacial score (nSPS) is 17.4. The maximum atomic E-state index is 8.47. The Morgan fingerprint density at radius 2 is 2.40 bits per heavy atom. The van der Waals surface area contributed by atoms with E-state index in [0.29, 0.717) is 12.5 Å². The molecule has 0 amide bonds. The highest BCUT2D eigenvalue weighted by molar-refractivity contribution is 14.1. The Kier molecular flexibility index (Phi) is 3.26. The summed E-state index contributed by atoms with van der Waals surface area (Å²) in [5, 5.41) is 12.8. The molecule has 4 nitrogen and oxygen atoms in total. The van der Waals surface area contributed by atoms with Gasteiger partial charge in [-0.3, -0.25) is 9.58 Å². The van der Waals surface area contributed by atoms with Gasteiger partial charge in [0.25, 0.3) is 0 Å². The molecule has 0 aromatic carbocycles. The lowest BCUT2D eigenvalue weighted by Crippen LogP contribution is -2.48. The van der Waals surface area contributed by atoms with Crippen molar-refractivity contribution in [2.45, 2.75) is 19.4 Å². The fraction of sp³-hybridized carbons (Fsp3) is 0.600. The van der Waals surface area contributed by atoms with Crippen molar-refractivity contribution in [3.63, 3.8) is 0 Å². The molecule has 0 bridgehead atoms. The summed E-state index contributed by atoms with van der Waals surface area (Å²) < 4.78 is 3.33. The summed E-state index contributed by atoms with van der Waals surface area (Å²) in [4.78, 5) is 2.29. The molecule has 0 radical (unpaired) electrons. The minimum atomic E-state index is 0.504. The molecule has 0 aliphatic carbocycles. The Bertz CT molecular complexity index is 387. The lowest BCUT2D eigenvalue weighted by molar-refractivity contribution is 0.0995. The fourth-order valence-corrected chi connectivity index (χ4v) is 2.43. The molecule has 1 aromatic heterocycles. The first kappa shape index (κ1) is 10.9. The minimum Gasteiger partial charge on any atom is -0.298 e. The van der Waals surface area contributed by atoms with Crippen LogP contribution >= 0.6 is 22.6 Å². The van der Waals surface area contributed by atoms with Crippen LogP contribution in [0.25, 0.3) is 0 Å². The molecule has 2 rings (SSSR count). The summed E-state index contributed by atoms with van der Waals surface area (Å²) in [6.45, 7) is 5.03. The van der Waals surface area contributed by atoms with Crippen molar-refractivity contribution < 1.29 is 0 Å². The second kappa shape index (κ2) is 4.49. The molecule has 2 heterocycles. The summed E-state index contributed by atoms with van der Waals surface area (Å²) >= 11 is 2.34. The number of likely N-dealkylation sites (tertiary alicyclic amines) is 1. The first-order chi connectivity index (χ1) is 7.22. The third-order valence-electron chi connectivity index (χ3n) is 2.73. The van der Waals surface area contributed by atoms with E-state index >= 15 is 0 Å². The largest absolute Gasteiger partial charge is 0.298 e. The smallest absolute Gasteiger partial charge is 0.102 e. The first-order valence-electron chi connectivity index (χ1n) is 5.01. The molecular formula is C10H13IN4. The summed E-state index contributed by atoms with van der Waals surface area (Å²) in [6.07, 6.45) is 2.54. The van der Waals surface area contributed by atoms with Crippen LogP contribution in [-0.2, 0) is 0 Å². The van der Waals surface area contributed by atoms with Gasteiger partial charge in [0.15, 0.2) is 0 Å². The molecule has 0 spiro atoms. The van der Waals surface area contributed by atoms with E-state index in [2.05, 4.69) is 50.3 Å². The lowest BCUT2D eigenvalue weighted by Gasteiger charge is -2.39. The molecule has 0 N–H and O–H groups in total. The number of rotatable bonds is 3. The monoisotopic (exact) mass is 316 g/mol. The third kappa shape index (κ3) is 2.16. The van der Waals surface area contributed by atoms with Crippen LogP contribution in [0.2, 0.25) is 0 Å². The van der Waals surface area contributed by atoms with E-state index in [1.807, 2.05) is 6.20 Å². The molecule has 1 aliphatic rings. The zero-order valence-corrected chi connectivity index (χ0v) is 10.8. The average Bonchev–Trinajstić information content (AvgIpc) is 2.47. The Morgan fingerprint density at radius 1 is 1.67 bits per heavy atom. The van der Waals surface area contributed by atoms with Crippen LogP contribution in [-0.4, -0.2) is 34.3 Å². The SMILES string of the molecule is Cc1cnn(C2CN(CCC#N)C2)c1I. The van der Waals surface area contributed by atoms with Gasteiger partial charge in [0.1, 0.15) is 3.70 Å². The quantitative estimate of drug-likeness (QED) is 0.795. The summed E-state index contributed by atoms with van der Waals surface area (Å²) in [5.41, 5.74) is 1.24. The van der Waals surface area contributed by atoms with Gasteiger partial charge in [-0.05, 0) is 29.5 Å². The van der Waals surface area contributed by atoms with Crippen molar-refractivity contribution in [1.82, 2.24) is 14.7 Å². The zero-order valence-electron chi connectivity index (χ0n) is 8.65. The van der Waals surface area contributed by atoms with Gasteiger partial charge in [0, 0.05) is 31.6 Å². The van der Waals surface area contributed by atoms with Crippen molar-refractivity contribution >= 4 is 22.6 Å². The van der Waals surface area contributed by atoms with Crippen molar-refractivity contribution in [2.24, 2.45) is 0 Å². The Hall–Kier alpha value is -0.610. The van der Waals surface area contributed by atoms with Crippen LogP contribution in [0.3, 0.4) is 0 Å². The number of aromatic nitrogens is 2. The molecule has 1 fully saturated rings. The van der Waals surface area contributed by atoms with E-state index < -0.39 is 0 Å². The van der Waals surface area contributed by atoms with E-state index in [4.69, 9.17) is 5.26 Å². The van der Waals surface area contributed by atoms with Crippen molar-refractivity contribution in [3.05, 3.63) is 15.5 Å². The molecule has 5 heteroatoms. The zero-order chi connectivity index (χ0) is 10.8. The number of aryl methyl sites for hydroxylation is 1. The number of hydrogen-bond donors (Lipinski definition) is 0. The van der Waals surface area contributed by atoms with E-state index in [9.17, 15) is 0 Å². The topological polar surface area (TPSA) is 44.9 Å². The Morgan fingerprint density at radius 3 is 2.93 bits per heavy atom. The van der Waals surface area contributed by atoms with Crippen LogP contribution in [0.1, 0.15) is 18.0 Å². The summed E-state index contributed by atoms with van der Waals surface area (Å²) in [7, 11) is 0. The van der Waals surface area contributed by atoms with Crippen molar-refractivity contribution in [3.8, 4) is 6.07 Å². The number of hydrogen-bond acceptors (Lipinski definition) is 3. The van der Waals surface area contributed by atoms with Crippen LogP contribution in [0, 0.1) is 22.0 Å². The Balaban J connectivity index is 1.90.